The first-order valence-electron chi connectivity index (χ1n) is 7.25. The van der Waals surface area contributed by atoms with Gasteiger partial charge in [-0.1, -0.05) is 28.1 Å². The third kappa shape index (κ3) is 5.53. The van der Waals surface area contributed by atoms with Crippen molar-refractivity contribution in [3.05, 3.63) is 50.4 Å². The molecule has 1 N–H and O–H groups in total. The third-order valence-corrected chi connectivity index (χ3v) is 4.69. The molecule has 0 radical (unpaired) electrons. The Morgan fingerprint density at radius 2 is 1.90 bits per heavy atom. The standard InChI is InChI=1S/C17H23BrN2S/c1-12-20-16(11-21-12)9-14(10-19-17(2,3)4)13-5-7-15(18)8-6-13/h5-8,11,14,19H,9-10H2,1-4H3. The summed E-state index contributed by atoms with van der Waals surface area (Å²) in [4.78, 5) is 4.62. The number of hydrogen-bond acceptors (Lipinski definition) is 3. The molecule has 4 heteroatoms. The second-order valence-corrected chi connectivity index (χ2v) is 8.42. The summed E-state index contributed by atoms with van der Waals surface area (Å²) in [7, 11) is 0. The number of nitrogens with one attached hydrogen (secondary N) is 1. The number of rotatable bonds is 5. The summed E-state index contributed by atoms with van der Waals surface area (Å²) in [5.41, 5.74) is 2.69. The van der Waals surface area contributed by atoms with Crippen molar-refractivity contribution >= 4 is 27.3 Å². The van der Waals surface area contributed by atoms with E-state index in [1.165, 1.54) is 11.3 Å². The first-order chi connectivity index (χ1) is 9.83. The zero-order chi connectivity index (χ0) is 15.5. The van der Waals surface area contributed by atoms with Gasteiger partial charge in [0.15, 0.2) is 0 Å². The van der Waals surface area contributed by atoms with Crippen molar-refractivity contribution in [2.75, 3.05) is 6.54 Å². The smallest absolute Gasteiger partial charge is 0.0897 e. The van der Waals surface area contributed by atoms with Crippen LogP contribution in [-0.4, -0.2) is 17.1 Å². The van der Waals surface area contributed by atoms with Crippen LogP contribution < -0.4 is 5.32 Å². The van der Waals surface area contributed by atoms with Crippen LogP contribution in [0.5, 0.6) is 0 Å². The SMILES string of the molecule is Cc1nc(CC(CNC(C)(C)C)c2ccc(Br)cc2)cs1. The lowest BCUT2D eigenvalue weighted by Crippen LogP contribution is -2.39. The Kier molecular flexibility index (Phi) is 5.58. The van der Waals surface area contributed by atoms with E-state index in [-0.39, 0.29) is 5.54 Å². The Balaban J connectivity index is 2.15. The van der Waals surface area contributed by atoms with E-state index in [0.29, 0.717) is 5.92 Å². The molecule has 2 aromatic rings. The maximum Gasteiger partial charge on any atom is 0.0897 e. The zero-order valence-corrected chi connectivity index (χ0v) is 15.5. The van der Waals surface area contributed by atoms with Crippen molar-refractivity contribution in [1.29, 1.82) is 0 Å². The molecule has 0 fully saturated rings. The molecule has 1 unspecified atom stereocenters. The van der Waals surface area contributed by atoms with Gasteiger partial charge in [0.05, 0.1) is 10.7 Å². The highest BCUT2D eigenvalue weighted by Gasteiger charge is 2.17. The molecule has 0 aliphatic carbocycles. The molecular weight excluding hydrogens is 344 g/mol. The molecule has 114 valence electrons. The molecule has 0 amide bonds. The van der Waals surface area contributed by atoms with Crippen LogP contribution in [0.25, 0.3) is 0 Å². The Morgan fingerprint density at radius 1 is 1.24 bits per heavy atom. The lowest BCUT2D eigenvalue weighted by molar-refractivity contribution is 0.404. The van der Waals surface area contributed by atoms with E-state index in [4.69, 9.17) is 0 Å². The van der Waals surface area contributed by atoms with Crippen molar-refractivity contribution in [2.45, 2.75) is 45.6 Å². The fourth-order valence-electron chi connectivity index (χ4n) is 2.23. The van der Waals surface area contributed by atoms with Crippen LogP contribution in [0.1, 0.15) is 43.0 Å². The van der Waals surface area contributed by atoms with Crippen molar-refractivity contribution in [1.82, 2.24) is 10.3 Å². The van der Waals surface area contributed by atoms with Crippen LogP contribution >= 0.6 is 27.3 Å². The van der Waals surface area contributed by atoms with Gasteiger partial charge < -0.3 is 5.32 Å². The third-order valence-electron chi connectivity index (χ3n) is 3.34. The number of hydrogen-bond donors (Lipinski definition) is 1. The minimum atomic E-state index is 0.131. The van der Waals surface area contributed by atoms with E-state index in [0.717, 1.165) is 22.4 Å². The van der Waals surface area contributed by atoms with Gasteiger partial charge >= 0.3 is 0 Å². The topological polar surface area (TPSA) is 24.9 Å². The highest BCUT2D eigenvalue weighted by molar-refractivity contribution is 9.10. The summed E-state index contributed by atoms with van der Waals surface area (Å²) < 4.78 is 1.12. The molecule has 1 heterocycles. The fraction of sp³-hybridized carbons (Fsp3) is 0.471. The van der Waals surface area contributed by atoms with Crippen LogP contribution in [0, 0.1) is 6.92 Å². The van der Waals surface area contributed by atoms with Gasteiger partial charge in [0, 0.05) is 27.9 Å². The number of aromatic nitrogens is 1. The van der Waals surface area contributed by atoms with Crippen molar-refractivity contribution in [3.8, 4) is 0 Å². The van der Waals surface area contributed by atoms with Crippen molar-refractivity contribution < 1.29 is 0 Å². The Morgan fingerprint density at radius 3 is 2.43 bits per heavy atom. The molecular formula is C17H23BrN2S. The zero-order valence-electron chi connectivity index (χ0n) is 13.1. The van der Waals surface area contributed by atoms with Gasteiger partial charge in [0.2, 0.25) is 0 Å². The summed E-state index contributed by atoms with van der Waals surface area (Å²) in [5, 5.41) is 6.95. The molecule has 0 saturated heterocycles. The van der Waals surface area contributed by atoms with Crippen LogP contribution in [0.15, 0.2) is 34.1 Å². The molecule has 0 aliphatic heterocycles. The van der Waals surface area contributed by atoms with Crippen LogP contribution in [-0.2, 0) is 6.42 Å². The summed E-state index contributed by atoms with van der Waals surface area (Å²) in [5.74, 6) is 0.443. The first-order valence-corrected chi connectivity index (χ1v) is 8.92. The van der Waals surface area contributed by atoms with Crippen molar-refractivity contribution in [3.63, 3.8) is 0 Å². The van der Waals surface area contributed by atoms with Gasteiger partial charge in [-0.2, -0.15) is 0 Å². The normalized spacial score (nSPS) is 13.4. The predicted octanol–water partition coefficient (Wildman–Crippen LogP) is 4.93. The van der Waals surface area contributed by atoms with Crippen LogP contribution in [0.2, 0.25) is 0 Å². The second-order valence-electron chi connectivity index (χ2n) is 6.44. The molecule has 0 aliphatic rings. The average Bonchev–Trinajstić information content (AvgIpc) is 2.80. The van der Waals surface area contributed by atoms with E-state index < -0.39 is 0 Å². The van der Waals surface area contributed by atoms with Gasteiger partial charge in [0.1, 0.15) is 0 Å². The Labute approximate surface area is 140 Å². The second kappa shape index (κ2) is 7.03. The van der Waals surface area contributed by atoms with E-state index in [9.17, 15) is 0 Å². The molecule has 0 spiro atoms. The quantitative estimate of drug-likeness (QED) is 0.811. The first kappa shape index (κ1) is 16.7. The maximum atomic E-state index is 4.62. The maximum absolute atomic E-state index is 4.62. The van der Waals surface area contributed by atoms with E-state index >= 15 is 0 Å². The largest absolute Gasteiger partial charge is 0.311 e. The molecule has 0 saturated carbocycles. The number of thiazole rings is 1. The van der Waals surface area contributed by atoms with Gasteiger partial charge in [-0.3, -0.25) is 0 Å². The summed E-state index contributed by atoms with van der Waals surface area (Å²) >= 11 is 5.24. The van der Waals surface area contributed by atoms with E-state index in [1.54, 1.807) is 11.3 Å². The van der Waals surface area contributed by atoms with Gasteiger partial charge in [-0.15, -0.1) is 11.3 Å². The fourth-order valence-corrected chi connectivity index (χ4v) is 3.12. The number of benzene rings is 1. The van der Waals surface area contributed by atoms with Gasteiger partial charge in [0.25, 0.3) is 0 Å². The number of aryl methyl sites for hydroxylation is 1. The molecule has 2 nitrogen and oxygen atoms in total. The minimum absolute atomic E-state index is 0.131. The lowest BCUT2D eigenvalue weighted by atomic mass is 9.93. The highest BCUT2D eigenvalue weighted by atomic mass is 79.9. The Bertz CT molecular complexity index is 569. The predicted molar refractivity (Wildman–Crippen MR) is 95.2 cm³/mol. The molecule has 21 heavy (non-hydrogen) atoms. The van der Waals surface area contributed by atoms with Crippen molar-refractivity contribution in [2.24, 2.45) is 0 Å². The molecule has 1 atom stereocenters. The van der Waals surface area contributed by atoms with Crippen LogP contribution in [0.4, 0.5) is 0 Å². The highest BCUT2D eigenvalue weighted by Crippen LogP contribution is 2.24. The van der Waals surface area contributed by atoms with E-state index in [1.807, 2.05) is 0 Å². The summed E-state index contributed by atoms with van der Waals surface area (Å²) in [6.45, 7) is 9.65. The Hall–Kier alpha value is -0.710. The lowest BCUT2D eigenvalue weighted by Gasteiger charge is -2.25. The monoisotopic (exact) mass is 366 g/mol. The van der Waals surface area contributed by atoms with E-state index in [2.05, 4.69) is 83.6 Å². The molecule has 2 rings (SSSR count). The summed E-state index contributed by atoms with van der Waals surface area (Å²) in [6, 6.07) is 8.65. The molecule has 1 aromatic carbocycles. The van der Waals surface area contributed by atoms with Crippen LogP contribution in [0.3, 0.4) is 0 Å². The number of nitrogens with zero attached hydrogens (tertiary/aromatic N) is 1. The average molecular weight is 367 g/mol. The number of halogens is 1. The van der Waals surface area contributed by atoms with Gasteiger partial charge in [-0.25, -0.2) is 4.98 Å². The summed E-state index contributed by atoms with van der Waals surface area (Å²) in [6.07, 6.45) is 0.981. The molecule has 0 bridgehead atoms. The minimum Gasteiger partial charge on any atom is -0.311 e. The molecule has 1 aromatic heterocycles. The van der Waals surface area contributed by atoms with Gasteiger partial charge in [-0.05, 0) is 51.8 Å².